The first-order valence-electron chi connectivity index (χ1n) is 10.1. The van der Waals surface area contributed by atoms with Gasteiger partial charge in [0.1, 0.15) is 0 Å². The molecule has 0 amide bonds. The van der Waals surface area contributed by atoms with E-state index in [4.69, 9.17) is 4.98 Å². The molecule has 29 heavy (non-hydrogen) atoms. The Morgan fingerprint density at radius 1 is 1.07 bits per heavy atom. The maximum absolute atomic E-state index is 4.73. The number of nitrogens with zero attached hydrogens (tertiary/aromatic N) is 3. The molecule has 0 aliphatic carbocycles. The fraction of sp³-hybridized carbons (Fsp3) is 0.545. The number of halogens is 1. The molecule has 2 aromatic rings. The molecule has 1 aliphatic heterocycles. The summed E-state index contributed by atoms with van der Waals surface area (Å²) in [5.74, 6) is 0.798. The number of rotatable bonds is 6. The van der Waals surface area contributed by atoms with Gasteiger partial charge in [0.25, 0.3) is 0 Å². The molecule has 0 saturated carbocycles. The van der Waals surface area contributed by atoms with E-state index in [1.807, 2.05) is 0 Å². The summed E-state index contributed by atoms with van der Waals surface area (Å²) in [6.07, 6.45) is 2.68. The molecule has 2 heterocycles. The number of hydrogen-bond acceptors (Lipinski definition) is 4. The third-order valence-electron chi connectivity index (χ3n) is 4.94. The monoisotopic (exact) mass is 527 g/mol. The Labute approximate surface area is 196 Å². The van der Waals surface area contributed by atoms with Crippen LogP contribution in [0.1, 0.15) is 55.4 Å². The van der Waals surface area contributed by atoms with Crippen LogP contribution in [-0.2, 0) is 25.0 Å². The summed E-state index contributed by atoms with van der Waals surface area (Å²) < 4.78 is 0. The average Bonchev–Trinajstić information content (AvgIpc) is 3.35. The van der Waals surface area contributed by atoms with Crippen LogP contribution in [0.2, 0.25) is 0 Å². The molecule has 1 aliphatic rings. The van der Waals surface area contributed by atoms with Crippen LogP contribution in [-0.4, -0.2) is 36.0 Å². The van der Waals surface area contributed by atoms with E-state index in [2.05, 4.69) is 70.9 Å². The lowest BCUT2D eigenvalue weighted by atomic mass is 9.98. The van der Waals surface area contributed by atoms with E-state index in [0.29, 0.717) is 6.54 Å². The summed E-state index contributed by atoms with van der Waals surface area (Å²) in [5, 5.41) is 10.0. The van der Waals surface area contributed by atoms with E-state index in [-0.39, 0.29) is 29.4 Å². The SMILES string of the molecule is CN=C(NCc1ccc(CN2CCCC2)cc1)NCc1csc(C(C)(C)C)n1.I. The number of benzene rings is 1. The van der Waals surface area contributed by atoms with Gasteiger partial charge in [-0.2, -0.15) is 0 Å². The number of likely N-dealkylation sites (tertiary alicyclic amines) is 1. The highest BCUT2D eigenvalue weighted by Gasteiger charge is 2.18. The Kier molecular flexibility index (Phi) is 9.36. The summed E-state index contributed by atoms with van der Waals surface area (Å²) in [7, 11) is 1.80. The van der Waals surface area contributed by atoms with Gasteiger partial charge in [0.05, 0.1) is 17.2 Å². The summed E-state index contributed by atoms with van der Waals surface area (Å²) in [5.41, 5.74) is 3.82. The molecule has 0 spiro atoms. The van der Waals surface area contributed by atoms with E-state index in [0.717, 1.165) is 24.7 Å². The van der Waals surface area contributed by atoms with Gasteiger partial charge in [-0.25, -0.2) is 4.98 Å². The van der Waals surface area contributed by atoms with Crippen molar-refractivity contribution in [3.63, 3.8) is 0 Å². The maximum atomic E-state index is 4.73. The van der Waals surface area contributed by atoms with Gasteiger partial charge in [-0.15, -0.1) is 35.3 Å². The second-order valence-corrected chi connectivity index (χ2v) is 9.33. The molecule has 160 valence electrons. The van der Waals surface area contributed by atoms with E-state index in [1.54, 1.807) is 18.4 Å². The molecule has 0 atom stereocenters. The molecule has 1 aromatic carbocycles. The minimum Gasteiger partial charge on any atom is -0.352 e. The van der Waals surface area contributed by atoms with E-state index < -0.39 is 0 Å². The molecule has 7 heteroatoms. The van der Waals surface area contributed by atoms with Crippen molar-refractivity contribution < 1.29 is 0 Å². The van der Waals surface area contributed by atoms with E-state index in [9.17, 15) is 0 Å². The summed E-state index contributed by atoms with van der Waals surface area (Å²) in [4.78, 5) is 11.6. The van der Waals surface area contributed by atoms with Crippen molar-refractivity contribution in [1.29, 1.82) is 0 Å². The van der Waals surface area contributed by atoms with Gasteiger partial charge in [-0.1, -0.05) is 45.0 Å². The fourth-order valence-electron chi connectivity index (χ4n) is 3.27. The van der Waals surface area contributed by atoms with Crippen molar-refractivity contribution in [1.82, 2.24) is 20.5 Å². The molecule has 1 aromatic heterocycles. The minimum atomic E-state index is 0. The first kappa shape index (κ1) is 24.1. The Bertz CT molecular complexity index is 773. The zero-order valence-electron chi connectivity index (χ0n) is 18.0. The standard InChI is InChI=1S/C22H33N5S.HI/c1-22(2,3)20-26-19(16-28-20)14-25-21(23-4)24-13-17-7-9-18(10-8-17)15-27-11-5-6-12-27;/h7-10,16H,5-6,11-15H2,1-4H3,(H2,23,24,25);1H. The van der Waals surface area contributed by atoms with E-state index >= 15 is 0 Å². The van der Waals surface area contributed by atoms with Gasteiger partial charge >= 0.3 is 0 Å². The predicted octanol–water partition coefficient (Wildman–Crippen LogP) is 4.52. The van der Waals surface area contributed by atoms with Crippen molar-refractivity contribution in [2.75, 3.05) is 20.1 Å². The molecule has 0 bridgehead atoms. The van der Waals surface area contributed by atoms with Crippen molar-refractivity contribution in [2.45, 2.75) is 58.7 Å². The molecule has 0 unspecified atom stereocenters. The largest absolute Gasteiger partial charge is 0.352 e. The van der Waals surface area contributed by atoms with Gasteiger partial charge in [0.2, 0.25) is 0 Å². The maximum Gasteiger partial charge on any atom is 0.191 e. The third kappa shape index (κ3) is 7.53. The number of nitrogens with one attached hydrogen (secondary N) is 2. The van der Waals surface area contributed by atoms with Crippen molar-refractivity contribution in [2.24, 2.45) is 4.99 Å². The van der Waals surface area contributed by atoms with Crippen LogP contribution in [0.5, 0.6) is 0 Å². The van der Waals surface area contributed by atoms with E-state index in [1.165, 1.54) is 42.1 Å². The summed E-state index contributed by atoms with van der Waals surface area (Å²) >= 11 is 1.72. The quantitative estimate of drug-likeness (QED) is 0.330. The highest BCUT2D eigenvalue weighted by molar-refractivity contribution is 14.0. The lowest BCUT2D eigenvalue weighted by Gasteiger charge is -2.15. The minimum absolute atomic E-state index is 0. The zero-order chi connectivity index (χ0) is 20.0. The molecule has 2 N–H and O–H groups in total. The Morgan fingerprint density at radius 2 is 1.69 bits per heavy atom. The van der Waals surface area contributed by atoms with Gasteiger partial charge in [-0.05, 0) is 37.1 Å². The van der Waals surface area contributed by atoms with Crippen LogP contribution < -0.4 is 10.6 Å². The number of aromatic nitrogens is 1. The topological polar surface area (TPSA) is 52.6 Å². The second-order valence-electron chi connectivity index (χ2n) is 8.47. The van der Waals surface area contributed by atoms with Crippen LogP contribution in [0.15, 0.2) is 34.6 Å². The zero-order valence-corrected chi connectivity index (χ0v) is 21.1. The molecule has 1 saturated heterocycles. The highest BCUT2D eigenvalue weighted by atomic mass is 127. The summed E-state index contributed by atoms with van der Waals surface area (Å²) in [6, 6.07) is 8.91. The van der Waals surface area contributed by atoms with Crippen molar-refractivity contribution in [3.8, 4) is 0 Å². The molecular weight excluding hydrogens is 493 g/mol. The van der Waals surface area contributed by atoms with Gasteiger partial charge in [0, 0.05) is 30.9 Å². The molecule has 0 radical (unpaired) electrons. The first-order valence-corrected chi connectivity index (χ1v) is 11.0. The van der Waals surface area contributed by atoms with Gasteiger partial charge < -0.3 is 10.6 Å². The average molecular weight is 528 g/mol. The fourth-order valence-corrected chi connectivity index (χ4v) is 4.18. The van der Waals surface area contributed by atoms with Crippen LogP contribution in [0.3, 0.4) is 0 Å². The van der Waals surface area contributed by atoms with Crippen molar-refractivity contribution >= 4 is 41.3 Å². The Hall–Kier alpha value is -1.19. The number of guanidine groups is 1. The van der Waals surface area contributed by atoms with Crippen LogP contribution in [0.25, 0.3) is 0 Å². The smallest absolute Gasteiger partial charge is 0.191 e. The van der Waals surface area contributed by atoms with Crippen LogP contribution in [0, 0.1) is 0 Å². The number of aliphatic imine (C=N–C) groups is 1. The van der Waals surface area contributed by atoms with Gasteiger partial charge in [-0.3, -0.25) is 9.89 Å². The molecule has 3 rings (SSSR count). The highest BCUT2D eigenvalue weighted by Crippen LogP contribution is 2.25. The van der Waals surface area contributed by atoms with Crippen molar-refractivity contribution in [3.05, 3.63) is 51.5 Å². The molecule has 1 fully saturated rings. The van der Waals surface area contributed by atoms with Crippen LogP contribution >= 0.6 is 35.3 Å². The Morgan fingerprint density at radius 3 is 2.28 bits per heavy atom. The number of thiazole rings is 1. The van der Waals surface area contributed by atoms with Gasteiger partial charge in [0.15, 0.2) is 5.96 Å². The molecule has 5 nitrogen and oxygen atoms in total. The normalized spacial score (nSPS) is 15.2. The second kappa shape index (κ2) is 11.3. The predicted molar refractivity (Wildman–Crippen MR) is 134 cm³/mol. The molecular formula is C22H34IN5S. The lowest BCUT2D eigenvalue weighted by molar-refractivity contribution is 0.331. The van der Waals surface area contributed by atoms with Crippen LogP contribution in [0.4, 0.5) is 0 Å². The third-order valence-corrected chi connectivity index (χ3v) is 6.26. The first-order chi connectivity index (χ1) is 13.4. The number of hydrogen-bond donors (Lipinski definition) is 2. The lowest BCUT2D eigenvalue weighted by Crippen LogP contribution is -2.36. The Balaban J connectivity index is 0.00000300. The summed E-state index contributed by atoms with van der Waals surface area (Å²) in [6.45, 7) is 11.6.